The van der Waals surface area contributed by atoms with E-state index in [1.807, 2.05) is 24.4 Å². The number of furan rings is 1. The van der Waals surface area contributed by atoms with E-state index in [0.717, 1.165) is 33.2 Å². The highest BCUT2D eigenvalue weighted by Crippen LogP contribution is 2.39. The molecule has 0 aliphatic heterocycles. The number of hydrogen-bond donors (Lipinski definition) is 0. The second-order valence-electron chi connectivity index (χ2n) is 9.07. The predicted octanol–water partition coefficient (Wildman–Crippen LogP) is 6.59. The highest BCUT2D eigenvalue weighted by molar-refractivity contribution is 6.16. The summed E-state index contributed by atoms with van der Waals surface area (Å²) in [5.74, 6) is 0. The maximum atomic E-state index is 6.20. The van der Waals surface area contributed by atoms with Gasteiger partial charge in [-0.1, -0.05) is 80.6 Å². The minimum atomic E-state index is 0.309. The molecule has 0 saturated heterocycles. The fraction of sp³-hybridized carbons (Fsp3) is 0.222. The molecule has 1 fully saturated rings. The lowest BCUT2D eigenvalue weighted by molar-refractivity contribution is 0.398. The number of benzene rings is 3. The van der Waals surface area contributed by atoms with Gasteiger partial charge in [-0.15, -0.1) is 0 Å². The van der Waals surface area contributed by atoms with Gasteiger partial charge < -0.3 is 4.42 Å². The van der Waals surface area contributed by atoms with Crippen LogP contribution in [0.3, 0.4) is 0 Å². The van der Waals surface area contributed by atoms with Crippen molar-refractivity contribution in [1.82, 2.24) is 4.98 Å². The Morgan fingerprint density at radius 1 is 0.767 bits per heavy atom. The van der Waals surface area contributed by atoms with Crippen molar-refractivity contribution >= 4 is 40.6 Å². The Hall–Kier alpha value is -3.07. The summed E-state index contributed by atoms with van der Waals surface area (Å²) in [5, 5.41) is 5.13. The molecule has 0 N–H and O–H groups in total. The average molecular weight is 389 g/mol. The second kappa shape index (κ2) is 6.73. The third-order valence-corrected chi connectivity index (χ3v) is 7.04. The molecule has 0 amide bonds. The van der Waals surface area contributed by atoms with E-state index >= 15 is 0 Å². The molecule has 1 aliphatic rings. The van der Waals surface area contributed by atoms with E-state index in [-0.39, 0.29) is 0 Å². The van der Waals surface area contributed by atoms with E-state index in [1.165, 1.54) is 48.4 Å². The van der Waals surface area contributed by atoms with Gasteiger partial charge in [0.15, 0.2) is 5.58 Å². The number of hydrogen-bond acceptors (Lipinski definition) is 2. The number of pyridine rings is 1. The molecule has 6 rings (SSSR count). The third kappa shape index (κ3) is 2.84. The molecule has 0 unspecified atom stereocenters. The van der Waals surface area contributed by atoms with Crippen LogP contribution >= 0.6 is 0 Å². The van der Waals surface area contributed by atoms with Gasteiger partial charge in [0.25, 0.3) is 0 Å². The summed E-state index contributed by atoms with van der Waals surface area (Å²) in [6, 6.07) is 24.0. The molecule has 1 aliphatic carbocycles. The Kier molecular flexibility index (Phi) is 3.99. The second-order valence-corrected chi connectivity index (χ2v) is 9.07. The summed E-state index contributed by atoms with van der Waals surface area (Å²) >= 11 is 0. The standard InChI is InChI=1S/C27H24BNO/c28-27(11-5-2-6-12-27)21-10-9-19-14-22-23-16-24(18-7-3-1-4-8-18)29-17-26(23)30-25(22)15-20(19)13-21/h1,3-4,7-10,13-17H,2,5-6,11-12,28H2. The molecule has 3 aromatic carbocycles. The molecule has 2 aromatic heterocycles. The van der Waals surface area contributed by atoms with Crippen LogP contribution in [-0.2, 0) is 5.31 Å². The minimum Gasteiger partial charge on any atom is -0.454 e. The maximum Gasteiger partial charge on any atom is 0.153 e. The van der Waals surface area contributed by atoms with E-state index in [1.54, 1.807) is 0 Å². The number of aromatic nitrogens is 1. The van der Waals surface area contributed by atoms with Gasteiger partial charge in [-0.05, 0) is 39.8 Å². The largest absolute Gasteiger partial charge is 0.454 e. The quantitative estimate of drug-likeness (QED) is 0.318. The lowest BCUT2D eigenvalue weighted by Crippen LogP contribution is -2.29. The topological polar surface area (TPSA) is 26.0 Å². The third-order valence-electron chi connectivity index (χ3n) is 7.04. The molecule has 2 heterocycles. The summed E-state index contributed by atoms with van der Waals surface area (Å²) in [6.07, 6.45) is 8.50. The maximum absolute atomic E-state index is 6.20. The lowest BCUT2D eigenvalue weighted by atomic mass is 9.56. The smallest absolute Gasteiger partial charge is 0.153 e. The SMILES string of the molecule is BC1(c2ccc3cc4c(cc3c2)oc2cnc(-c3ccccc3)cc24)CCCCC1. The molecule has 30 heavy (non-hydrogen) atoms. The van der Waals surface area contributed by atoms with E-state index in [9.17, 15) is 0 Å². The van der Waals surface area contributed by atoms with Crippen molar-refractivity contribution in [3.8, 4) is 11.3 Å². The summed E-state index contributed by atoms with van der Waals surface area (Å²) in [7, 11) is 2.43. The molecular formula is C27H24BNO. The van der Waals surface area contributed by atoms with Gasteiger partial charge in [0.1, 0.15) is 13.4 Å². The highest BCUT2D eigenvalue weighted by atomic mass is 16.3. The Morgan fingerprint density at radius 2 is 1.57 bits per heavy atom. The molecule has 1 saturated carbocycles. The van der Waals surface area contributed by atoms with Crippen molar-refractivity contribution in [2.45, 2.75) is 37.4 Å². The first-order valence-electron chi connectivity index (χ1n) is 11.0. The van der Waals surface area contributed by atoms with Crippen molar-refractivity contribution in [3.05, 3.63) is 78.5 Å². The van der Waals surface area contributed by atoms with Crippen LogP contribution in [0.1, 0.15) is 37.7 Å². The zero-order valence-corrected chi connectivity index (χ0v) is 17.3. The van der Waals surface area contributed by atoms with Crippen LogP contribution in [0, 0.1) is 0 Å². The zero-order valence-electron chi connectivity index (χ0n) is 17.3. The molecule has 0 bridgehead atoms. The average Bonchev–Trinajstić information content (AvgIpc) is 3.15. The molecule has 3 heteroatoms. The van der Waals surface area contributed by atoms with Crippen LogP contribution in [0.25, 0.3) is 44.0 Å². The molecule has 0 radical (unpaired) electrons. The van der Waals surface area contributed by atoms with Gasteiger partial charge in [-0.25, -0.2) is 0 Å². The fourth-order valence-corrected chi connectivity index (χ4v) is 5.19. The molecule has 146 valence electrons. The van der Waals surface area contributed by atoms with Gasteiger partial charge >= 0.3 is 0 Å². The van der Waals surface area contributed by atoms with E-state index in [2.05, 4.69) is 61.4 Å². The first-order valence-corrected chi connectivity index (χ1v) is 11.0. The van der Waals surface area contributed by atoms with Crippen LogP contribution in [-0.4, -0.2) is 12.8 Å². The fourth-order valence-electron chi connectivity index (χ4n) is 5.19. The van der Waals surface area contributed by atoms with Gasteiger partial charge in [0.2, 0.25) is 0 Å². The van der Waals surface area contributed by atoms with Crippen LogP contribution < -0.4 is 0 Å². The Bertz CT molecular complexity index is 1380. The number of nitrogens with zero attached hydrogens (tertiary/aromatic N) is 1. The van der Waals surface area contributed by atoms with Gasteiger partial charge in [-0.2, -0.15) is 0 Å². The summed E-state index contributed by atoms with van der Waals surface area (Å²) in [4.78, 5) is 4.63. The van der Waals surface area contributed by atoms with Crippen molar-refractivity contribution in [2.24, 2.45) is 0 Å². The minimum absolute atomic E-state index is 0.309. The van der Waals surface area contributed by atoms with Crippen LogP contribution in [0.5, 0.6) is 0 Å². The zero-order chi connectivity index (χ0) is 20.1. The summed E-state index contributed by atoms with van der Waals surface area (Å²) in [6.45, 7) is 0. The molecule has 2 nitrogen and oxygen atoms in total. The first kappa shape index (κ1) is 17.8. The summed E-state index contributed by atoms with van der Waals surface area (Å²) in [5.41, 5.74) is 5.36. The van der Waals surface area contributed by atoms with Crippen LogP contribution in [0.4, 0.5) is 0 Å². The first-order chi connectivity index (χ1) is 14.7. The van der Waals surface area contributed by atoms with E-state index in [4.69, 9.17) is 4.42 Å². The van der Waals surface area contributed by atoms with Crippen molar-refractivity contribution in [3.63, 3.8) is 0 Å². The lowest BCUT2D eigenvalue weighted by Gasteiger charge is -2.34. The number of fused-ring (bicyclic) bond motifs is 4. The number of rotatable bonds is 2. The molecule has 5 aromatic rings. The normalized spacial score (nSPS) is 16.4. The Balaban J connectivity index is 1.50. The predicted molar refractivity (Wildman–Crippen MR) is 128 cm³/mol. The molecule has 0 atom stereocenters. The summed E-state index contributed by atoms with van der Waals surface area (Å²) < 4.78 is 6.20. The van der Waals surface area contributed by atoms with Gasteiger partial charge in [-0.3, -0.25) is 4.98 Å². The van der Waals surface area contributed by atoms with Gasteiger partial charge in [0, 0.05) is 16.3 Å². The van der Waals surface area contributed by atoms with E-state index < -0.39 is 0 Å². The van der Waals surface area contributed by atoms with Crippen LogP contribution in [0.15, 0.2) is 77.3 Å². The highest BCUT2D eigenvalue weighted by Gasteiger charge is 2.28. The monoisotopic (exact) mass is 389 g/mol. The Morgan fingerprint density at radius 3 is 2.40 bits per heavy atom. The van der Waals surface area contributed by atoms with Crippen molar-refractivity contribution < 1.29 is 4.42 Å². The Labute approximate surface area is 177 Å². The molecule has 0 spiro atoms. The van der Waals surface area contributed by atoms with Crippen molar-refractivity contribution in [1.29, 1.82) is 0 Å². The van der Waals surface area contributed by atoms with Gasteiger partial charge in [0.05, 0.1) is 11.9 Å². The molecular weight excluding hydrogens is 365 g/mol. The van der Waals surface area contributed by atoms with Crippen molar-refractivity contribution in [2.75, 3.05) is 0 Å². The van der Waals surface area contributed by atoms with E-state index in [0.29, 0.717) is 5.31 Å². The van der Waals surface area contributed by atoms with Crippen LogP contribution in [0.2, 0.25) is 0 Å².